The van der Waals surface area contributed by atoms with Crippen molar-refractivity contribution in [1.29, 1.82) is 0 Å². The summed E-state index contributed by atoms with van der Waals surface area (Å²) in [6.45, 7) is 8.09. The molecule has 0 aromatic carbocycles. The maximum atomic E-state index is 13.1. The van der Waals surface area contributed by atoms with Gasteiger partial charge in [0.25, 0.3) is 5.56 Å². The van der Waals surface area contributed by atoms with Crippen LogP contribution in [0.3, 0.4) is 0 Å². The van der Waals surface area contributed by atoms with Crippen LogP contribution in [0.15, 0.2) is 38.3 Å². The Morgan fingerprint density at radius 2 is 2.11 bits per heavy atom. The van der Waals surface area contributed by atoms with E-state index in [0.29, 0.717) is 5.75 Å². The van der Waals surface area contributed by atoms with Crippen LogP contribution < -0.4 is 5.56 Å². The first-order valence-electron chi connectivity index (χ1n) is 8.57. The summed E-state index contributed by atoms with van der Waals surface area (Å²) in [7, 11) is 0. The van der Waals surface area contributed by atoms with Gasteiger partial charge in [-0.05, 0) is 39.3 Å². The first kappa shape index (κ1) is 18.5. The zero-order valence-corrected chi connectivity index (χ0v) is 17.9. The van der Waals surface area contributed by atoms with E-state index in [4.69, 9.17) is 9.40 Å². The van der Waals surface area contributed by atoms with Crippen molar-refractivity contribution in [2.75, 3.05) is 0 Å². The summed E-state index contributed by atoms with van der Waals surface area (Å²) in [6.07, 6.45) is 3.35. The molecule has 0 aliphatic heterocycles. The Hall–Kier alpha value is -1.90. The highest BCUT2D eigenvalue weighted by Gasteiger charge is 2.19. The van der Waals surface area contributed by atoms with Crippen molar-refractivity contribution in [3.05, 3.63) is 50.5 Å². The second-order valence-corrected chi connectivity index (χ2v) is 9.58. The Balaban J connectivity index is 1.67. The topological polar surface area (TPSA) is 60.9 Å². The van der Waals surface area contributed by atoms with Crippen LogP contribution >= 0.6 is 34.4 Å². The SMILES string of the molecule is Cc1sc2nc(SCc3csc(-c4ccoc4)n3)n(C(C)C)c(=O)c2c1C. The number of fused-ring (bicyclic) bond motifs is 1. The van der Waals surface area contributed by atoms with Gasteiger partial charge >= 0.3 is 0 Å². The number of rotatable bonds is 5. The molecule has 0 atom stereocenters. The molecule has 0 amide bonds. The summed E-state index contributed by atoms with van der Waals surface area (Å²) in [5, 5.41) is 4.49. The average molecular weight is 418 g/mol. The van der Waals surface area contributed by atoms with Gasteiger partial charge in [-0.25, -0.2) is 9.97 Å². The number of thiazole rings is 1. The van der Waals surface area contributed by atoms with E-state index in [9.17, 15) is 4.79 Å². The molecular formula is C19H19N3O2S3. The molecule has 4 rings (SSSR count). The molecule has 0 radical (unpaired) electrons. The molecule has 27 heavy (non-hydrogen) atoms. The molecule has 0 aliphatic rings. The fourth-order valence-electron chi connectivity index (χ4n) is 2.88. The van der Waals surface area contributed by atoms with E-state index in [1.807, 2.05) is 39.1 Å². The smallest absolute Gasteiger partial charge is 0.263 e. The summed E-state index contributed by atoms with van der Waals surface area (Å²) in [5.74, 6) is 0.669. The molecule has 0 saturated heterocycles. The van der Waals surface area contributed by atoms with Crippen LogP contribution in [0, 0.1) is 13.8 Å². The predicted octanol–water partition coefficient (Wildman–Crippen LogP) is 5.66. The van der Waals surface area contributed by atoms with Crippen LogP contribution in [0.5, 0.6) is 0 Å². The maximum absolute atomic E-state index is 13.1. The summed E-state index contributed by atoms with van der Waals surface area (Å²) < 4.78 is 6.93. The summed E-state index contributed by atoms with van der Waals surface area (Å²) in [4.78, 5) is 24.5. The molecule has 4 aromatic heterocycles. The Bertz CT molecular complexity index is 1150. The van der Waals surface area contributed by atoms with Crippen molar-refractivity contribution in [2.24, 2.45) is 0 Å². The standard InChI is InChI=1S/C19H19N3O2S3/c1-10(2)22-18(23)15-11(3)12(4)27-17(15)21-19(22)26-9-14-8-25-16(20-14)13-5-6-24-7-13/h5-8,10H,9H2,1-4H3. The van der Waals surface area contributed by atoms with Crippen LogP contribution in [0.1, 0.15) is 36.0 Å². The van der Waals surface area contributed by atoms with E-state index in [0.717, 1.165) is 42.1 Å². The number of thiophene rings is 1. The average Bonchev–Trinajstić information content (AvgIpc) is 3.34. The molecule has 140 valence electrons. The molecule has 0 aliphatic carbocycles. The molecule has 0 saturated carbocycles. The van der Waals surface area contributed by atoms with Gasteiger partial charge in [0.15, 0.2) is 5.16 Å². The lowest BCUT2D eigenvalue weighted by Gasteiger charge is -2.15. The number of aromatic nitrogens is 3. The molecule has 4 heterocycles. The zero-order chi connectivity index (χ0) is 19.1. The highest BCUT2D eigenvalue weighted by molar-refractivity contribution is 7.98. The number of nitrogens with zero attached hydrogens (tertiary/aromatic N) is 3. The zero-order valence-electron chi connectivity index (χ0n) is 15.5. The van der Waals surface area contributed by atoms with E-state index in [2.05, 4.69) is 4.98 Å². The molecular weight excluding hydrogens is 398 g/mol. The molecule has 0 unspecified atom stereocenters. The summed E-state index contributed by atoms with van der Waals surface area (Å²) in [5.41, 5.74) is 3.06. The van der Waals surface area contributed by atoms with E-state index in [1.165, 1.54) is 0 Å². The van der Waals surface area contributed by atoms with Crippen LogP contribution in [-0.2, 0) is 5.75 Å². The van der Waals surface area contributed by atoms with Gasteiger partial charge in [0, 0.05) is 27.6 Å². The van der Waals surface area contributed by atoms with Crippen molar-refractivity contribution < 1.29 is 4.42 Å². The Labute approximate surface area is 169 Å². The van der Waals surface area contributed by atoms with Gasteiger partial charge in [0.2, 0.25) is 0 Å². The Morgan fingerprint density at radius 1 is 1.30 bits per heavy atom. The number of furan rings is 1. The van der Waals surface area contributed by atoms with Crippen LogP contribution in [0.4, 0.5) is 0 Å². The normalized spacial score (nSPS) is 11.7. The van der Waals surface area contributed by atoms with Crippen molar-refractivity contribution in [3.63, 3.8) is 0 Å². The molecule has 5 nitrogen and oxygen atoms in total. The van der Waals surface area contributed by atoms with Gasteiger partial charge in [-0.15, -0.1) is 22.7 Å². The molecule has 0 bridgehead atoms. The minimum Gasteiger partial charge on any atom is -0.472 e. The van der Waals surface area contributed by atoms with Gasteiger partial charge < -0.3 is 4.42 Å². The monoisotopic (exact) mass is 417 g/mol. The van der Waals surface area contributed by atoms with E-state index >= 15 is 0 Å². The number of aryl methyl sites for hydroxylation is 2. The molecule has 0 N–H and O–H groups in total. The van der Waals surface area contributed by atoms with Crippen LogP contribution in [-0.4, -0.2) is 14.5 Å². The molecule has 8 heteroatoms. The fourth-order valence-corrected chi connectivity index (χ4v) is 5.88. The minimum absolute atomic E-state index is 0.0495. The first-order valence-corrected chi connectivity index (χ1v) is 11.3. The van der Waals surface area contributed by atoms with Gasteiger partial charge in [0.1, 0.15) is 16.1 Å². The second-order valence-electron chi connectivity index (χ2n) is 6.57. The van der Waals surface area contributed by atoms with E-state index in [1.54, 1.807) is 51.5 Å². The Morgan fingerprint density at radius 3 is 2.81 bits per heavy atom. The molecule has 4 aromatic rings. The van der Waals surface area contributed by atoms with Gasteiger partial charge in [-0.3, -0.25) is 9.36 Å². The van der Waals surface area contributed by atoms with E-state index in [-0.39, 0.29) is 11.6 Å². The maximum Gasteiger partial charge on any atom is 0.263 e. The quantitative estimate of drug-likeness (QED) is 0.309. The van der Waals surface area contributed by atoms with Gasteiger partial charge in [0.05, 0.1) is 17.3 Å². The van der Waals surface area contributed by atoms with Crippen LogP contribution in [0.25, 0.3) is 20.8 Å². The predicted molar refractivity (Wildman–Crippen MR) is 113 cm³/mol. The lowest BCUT2D eigenvalue weighted by molar-refractivity contribution is 0.519. The Kier molecular flexibility index (Phi) is 4.96. The van der Waals surface area contributed by atoms with Crippen molar-refractivity contribution in [3.8, 4) is 10.6 Å². The second kappa shape index (κ2) is 7.26. The third-order valence-electron chi connectivity index (χ3n) is 4.39. The van der Waals surface area contributed by atoms with Crippen molar-refractivity contribution in [2.45, 2.75) is 44.6 Å². The summed E-state index contributed by atoms with van der Waals surface area (Å²) in [6, 6.07) is 1.96. The highest BCUT2D eigenvalue weighted by Crippen LogP contribution is 2.31. The lowest BCUT2D eigenvalue weighted by atomic mass is 10.2. The minimum atomic E-state index is 0.0495. The first-order chi connectivity index (χ1) is 13.0. The number of thioether (sulfide) groups is 1. The van der Waals surface area contributed by atoms with Crippen molar-refractivity contribution in [1.82, 2.24) is 14.5 Å². The van der Waals surface area contributed by atoms with Crippen molar-refractivity contribution >= 4 is 44.7 Å². The number of hydrogen-bond donors (Lipinski definition) is 0. The lowest BCUT2D eigenvalue weighted by Crippen LogP contribution is -2.24. The highest BCUT2D eigenvalue weighted by atomic mass is 32.2. The largest absolute Gasteiger partial charge is 0.472 e. The molecule has 0 spiro atoms. The molecule has 0 fully saturated rings. The van der Waals surface area contributed by atoms with E-state index < -0.39 is 0 Å². The third-order valence-corrected chi connectivity index (χ3v) is 7.42. The van der Waals surface area contributed by atoms with Gasteiger partial charge in [-0.1, -0.05) is 11.8 Å². The third kappa shape index (κ3) is 3.37. The summed E-state index contributed by atoms with van der Waals surface area (Å²) >= 11 is 4.74. The number of hydrogen-bond acceptors (Lipinski definition) is 7. The fraction of sp³-hybridized carbons (Fsp3) is 0.316. The van der Waals surface area contributed by atoms with Crippen LogP contribution in [0.2, 0.25) is 0 Å². The van der Waals surface area contributed by atoms with Gasteiger partial charge in [-0.2, -0.15) is 0 Å².